The number of rotatable bonds is 3. The zero-order valence-corrected chi connectivity index (χ0v) is 9.13. The lowest BCUT2D eigenvalue weighted by Gasteiger charge is -2.08. The smallest absolute Gasteiger partial charge is 0.114 e. The Bertz CT molecular complexity index is 429. The van der Waals surface area contributed by atoms with Gasteiger partial charge in [0.05, 0.1) is 5.69 Å². The van der Waals surface area contributed by atoms with Crippen molar-refractivity contribution < 1.29 is 5.11 Å². The van der Waals surface area contributed by atoms with Crippen LogP contribution < -0.4 is 0 Å². The minimum absolute atomic E-state index is 0.408. The van der Waals surface area contributed by atoms with Gasteiger partial charge < -0.3 is 5.11 Å². The third kappa shape index (κ3) is 2.83. The largest absolute Gasteiger partial charge is 0.508 e. The fourth-order valence-electron chi connectivity index (χ4n) is 1.66. The molecule has 1 aromatic carbocycles. The van der Waals surface area contributed by atoms with E-state index < -0.39 is 0 Å². The number of hydrogen-bond acceptors (Lipinski definition) is 2. The summed E-state index contributed by atoms with van der Waals surface area (Å²) in [4.78, 5) is 4.33. The van der Waals surface area contributed by atoms with Gasteiger partial charge in [0.1, 0.15) is 5.76 Å². The molecule has 0 spiro atoms. The van der Waals surface area contributed by atoms with Gasteiger partial charge in [-0.05, 0) is 36.6 Å². The second-order valence-corrected chi connectivity index (χ2v) is 3.75. The van der Waals surface area contributed by atoms with Gasteiger partial charge in [0.25, 0.3) is 0 Å². The molecule has 82 valence electrons. The Labute approximate surface area is 95.7 Å². The van der Waals surface area contributed by atoms with Gasteiger partial charge in [0.15, 0.2) is 0 Å². The molecule has 0 atom stereocenters. The van der Waals surface area contributed by atoms with Crippen molar-refractivity contribution in [1.29, 1.82) is 0 Å². The summed E-state index contributed by atoms with van der Waals surface area (Å²) in [7, 11) is 0. The van der Waals surface area contributed by atoms with Crippen LogP contribution in [0.1, 0.15) is 19.3 Å². The van der Waals surface area contributed by atoms with Crippen molar-refractivity contribution in [2.45, 2.75) is 19.3 Å². The Hall–Kier alpha value is -1.83. The van der Waals surface area contributed by atoms with Gasteiger partial charge in [-0.1, -0.05) is 24.3 Å². The Morgan fingerprint density at radius 3 is 2.62 bits per heavy atom. The summed E-state index contributed by atoms with van der Waals surface area (Å²) < 4.78 is 0. The second kappa shape index (κ2) is 5.31. The van der Waals surface area contributed by atoms with E-state index >= 15 is 0 Å². The summed E-state index contributed by atoms with van der Waals surface area (Å²) >= 11 is 0. The number of allylic oxidation sites excluding steroid dienone is 3. The molecule has 1 aromatic rings. The predicted octanol–water partition coefficient (Wildman–Crippen LogP) is 3.94. The lowest BCUT2D eigenvalue weighted by Crippen LogP contribution is -1.94. The molecule has 0 aliphatic heterocycles. The van der Waals surface area contributed by atoms with E-state index in [1.807, 2.05) is 42.6 Å². The highest BCUT2D eigenvalue weighted by Crippen LogP contribution is 2.19. The van der Waals surface area contributed by atoms with Crippen molar-refractivity contribution in [2.75, 3.05) is 0 Å². The van der Waals surface area contributed by atoms with E-state index in [0.29, 0.717) is 12.2 Å². The highest BCUT2D eigenvalue weighted by Gasteiger charge is 2.04. The predicted molar refractivity (Wildman–Crippen MR) is 67.2 cm³/mol. The molecule has 0 heterocycles. The fraction of sp³-hybridized carbons (Fsp3) is 0.214. The number of aliphatic hydroxyl groups excluding tert-OH is 1. The normalized spacial score (nSPS) is 16.0. The van der Waals surface area contributed by atoms with Crippen LogP contribution >= 0.6 is 0 Å². The molecule has 1 aliphatic carbocycles. The summed E-state index contributed by atoms with van der Waals surface area (Å²) in [6, 6.07) is 9.81. The molecule has 16 heavy (non-hydrogen) atoms. The minimum Gasteiger partial charge on any atom is -0.508 e. The molecule has 1 N–H and O–H groups in total. The van der Waals surface area contributed by atoms with Crippen LogP contribution in [0.3, 0.4) is 0 Å². The number of aliphatic imine (C=N–C) groups is 1. The van der Waals surface area contributed by atoms with Gasteiger partial charge in [-0.25, -0.2) is 0 Å². The molecule has 1 aliphatic rings. The quantitative estimate of drug-likeness (QED) is 0.758. The van der Waals surface area contributed by atoms with Gasteiger partial charge in [-0.15, -0.1) is 0 Å². The summed E-state index contributed by atoms with van der Waals surface area (Å²) in [5, 5.41) is 9.60. The molecule has 0 fully saturated rings. The Morgan fingerprint density at radius 1 is 1.12 bits per heavy atom. The van der Waals surface area contributed by atoms with Crippen molar-refractivity contribution in [3.05, 3.63) is 53.8 Å². The molecule has 0 radical (unpaired) electrons. The molecule has 2 rings (SSSR count). The molecule has 0 aromatic heterocycles. The highest BCUT2D eigenvalue weighted by molar-refractivity contribution is 5.67. The maximum Gasteiger partial charge on any atom is 0.114 e. The van der Waals surface area contributed by atoms with E-state index in [-0.39, 0.29) is 0 Å². The molecule has 2 nitrogen and oxygen atoms in total. The van der Waals surface area contributed by atoms with Crippen molar-refractivity contribution in [3.8, 4) is 0 Å². The summed E-state index contributed by atoms with van der Waals surface area (Å²) in [5.74, 6) is 0.408. The number of benzene rings is 1. The summed E-state index contributed by atoms with van der Waals surface area (Å²) in [6.45, 7) is 0. The van der Waals surface area contributed by atoms with Crippen LogP contribution in [0.25, 0.3) is 0 Å². The van der Waals surface area contributed by atoms with E-state index in [9.17, 15) is 5.11 Å². The average molecular weight is 213 g/mol. The average Bonchev–Trinajstić information content (AvgIpc) is 2.33. The van der Waals surface area contributed by atoms with Gasteiger partial charge in [0, 0.05) is 12.6 Å². The van der Waals surface area contributed by atoms with Crippen LogP contribution in [0.2, 0.25) is 0 Å². The Morgan fingerprint density at radius 2 is 1.88 bits per heavy atom. The zero-order chi connectivity index (χ0) is 11.2. The molecule has 2 heteroatoms. The van der Waals surface area contributed by atoms with E-state index in [0.717, 1.165) is 24.1 Å². The van der Waals surface area contributed by atoms with E-state index in [1.165, 1.54) is 0 Å². The third-order valence-corrected chi connectivity index (χ3v) is 2.53. The lowest BCUT2D eigenvalue weighted by molar-refractivity contribution is 0.416. The van der Waals surface area contributed by atoms with Crippen molar-refractivity contribution in [3.63, 3.8) is 0 Å². The third-order valence-electron chi connectivity index (χ3n) is 2.53. The number of para-hydroxylation sites is 1. The topological polar surface area (TPSA) is 32.6 Å². The SMILES string of the molecule is OC1=CCCC=C1CC=Nc1ccccc1. The molecular weight excluding hydrogens is 198 g/mol. The molecule has 0 unspecified atom stereocenters. The molecule has 0 amide bonds. The van der Waals surface area contributed by atoms with Crippen molar-refractivity contribution >= 4 is 11.9 Å². The Kier molecular flexibility index (Phi) is 3.54. The molecule has 0 saturated carbocycles. The van der Waals surface area contributed by atoms with Gasteiger partial charge in [-0.2, -0.15) is 0 Å². The van der Waals surface area contributed by atoms with Crippen molar-refractivity contribution in [2.24, 2.45) is 4.99 Å². The number of hydrogen-bond donors (Lipinski definition) is 1. The Balaban J connectivity index is 1.95. The van der Waals surface area contributed by atoms with Gasteiger partial charge >= 0.3 is 0 Å². The first-order valence-corrected chi connectivity index (χ1v) is 5.52. The zero-order valence-electron chi connectivity index (χ0n) is 9.13. The van der Waals surface area contributed by atoms with Crippen LogP contribution in [0.4, 0.5) is 5.69 Å². The molecule has 0 bridgehead atoms. The summed E-state index contributed by atoms with van der Waals surface area (Å²) in [5.41, 5.74) is 1.92. The number of aliphatic hydroxyl groups is 1. The monoisotopic (exact) mass is 213 g/mol. The standard InChI is InChI=1S/C14H15NO/c16-14-9-5-4-6-12(14)10-11-15-13-7-2-1-3-8-13/h1-3,6-9,11,16H,4-5,10H2. The first-order valence-electron chi connectivity index (χ1n) is 5.52. The van der Waals surface area contributed by atoms with Crippen molar-refractivity contribution in [1.82, 2.24) is 0 Å². The van der Waals surface area contributed by atoms with Crippen LogP contribution in [0.15, 0.2) is 58.8 Å². The van der Waals surface area contributed by atoms with Crippen LogP contribution in [0.5, 0.6) is 0 Å². The van der Waals surface area contributed by atoms with Crippen LogP contribution in [0, 0.1) is 0 Å². The first-order chi connectivity index (χ1) is 7.86. The second-order valence-electron chi connectivity index (χ2n) is 3.75. The first kappa shape index (κ1) is 10.7. The number of nitrogens with zero attached hydrogens (tertiary/aromatic N) is 1. The van der Waals surface area contributed by atoms with Gasteiger partial charge in [-0.3, -0.25) is 4.99 Å². The molecular formula is C14H15NO. The van der Waals surface area contributed by atoms with E-state index in [2.05, 4.69) is 11.1 Å². The summed E-state index contributed by atoms with van der Waals surface area (Å²) in [6.07, 6.45) is 8.43. The van der Waals surface area contributed by atoms with E-state index in [1.54, 1.807) is 0 Å². The highest BCUT2D eigenvalue weighted by atomic mass is 16.3. The minimum atomic E-state index is 0.408. The van der Waals surface area contributed by atoms with E-state index in [4.69, 9.17) is 0 Å². The van der Waals surface area contributed by atoms with Crippen LogP contribution in [-0.2, 0) is 0 Å². The lowest BCUT2D eigenvalue weighted by atomic mass is 10.0. The van der Waals surface area contributed by atoms with Gasteiger partial charge in [0.2, 0.25) is 0 Å². The molecule has 0 saturated heterocycles. The van der Waals surface area contributed by atoms with Crippen LogP contribution in [-0.4, -0.2) is 11.3 Å². The fourth-order valence-corrected chi connectivity index (χ4v) is 1.66. The maximum atomic E-state index is 9.60. The maximum absolute atomic E-state index is 9.60.